The fraction of sp³-hybridized carbons (Fsp3) is 0.273. The second kappa shape index (κ2) is 6.48. The number of ether oxygens (including phenoxy) is 1. The summed E-state index contributed by atoms with van der Waals surface area (Å²) in [7, 11) is -3.81. The first kappa shape index (κ1) is 15.4. The molecule has 0 atom stereocenters. The molecule has 19 heavy (non-hydrogen) atoms. The Morgan fingerprint density at radius 3 is 2.74 bits per heavy atom. The van der Waals surface area contributed by atoms with Crippen LogP contribution in [0.25, 0.3) is 0 Å². The van der Waals surface area contributed by atoms with Gasteiger partial charge in [0.1, 0.15) is 4.99 Å². The molecule has 6 nitrogen and oxygen atoms in total. The molecule has 3 N–H and O–H groups in total. The molecule has 0 saturated heterocycles. The van der Waals surface area contributed by atoms with E-state index >= 15 is 0 Å². The van der Waals surface area contributed by atoms with E-state index in [1.165, 1.54) is 12.1 Å². The van der Waals surface area contributed by atoms with Gasteiger partial charge in [-0.05, 0) is 19.1 Å². The molecule has 8 heteroatoms. The first-order chi connectivity index (χ1) is 8.84. The average molecular weight is 302 g/mol. The Bertz CT molecular complexity index is 584. The highest BCUT2D eigenvalue weighted by molar-refractivity contribution is 7.93. The lowest BCUT2D eigenvalue weighted by atomic mass is 10.2. The Kier molecular flexibility index (Phi) is 5.25. The standard InChI is InChI=1S/C11H14N2O4S2/c1-2-17-10(14)7-19(15,16)13-9-5-3-4-8(6-9)11(12)18/h3-6,13H,2,7H2,1H3,(H2,12,18). The Morgan fingerprint density at radius 1 is 1.47 bits per heavy atom. The van der Waals surface area contributed by atoms with Crippen LogP contribution in [0.5, 0.6) is 0 Å². The minimum atomic E-state index is -3.81. The fourth-order valence-electron chi connectivity index (χ4n) is 1.31. The van der Waals surface area contributed by atoms with Crippen molar-refractivity contribution >= 4 is 38.9 Å². The van der Waals surface area contributed by atoms with Crippen LogP contribution in [0, 0.1) is 0 Å². The van der Waals surface area contributed by atoms with Crippen molar-refractivity contribution in [2.75, 3.05) is 17.1 Å². The molecule has 0 radical (unpaired) electrons. The maximum Gasteiger partial charge on any atom is 0.323 e. The van der Waals surface area contributed by atoms with Gasteiger partial charge in [-0.25, -0.2) is 8.42 Å². The van der Waals surface area contributed by atoms with E-state index in [-0.39, 0.29) is 17.3 Å². The summed E-state index contributed by atoms with van der Waals surface area (Å²) >= 11 is 4.79. The number of rotatable bonds is 6. The molecule has 1 rings (SSSR count). The van der Waals surface area contributed by atoms with Crippen molar-refractivity contribution in [2.24, 2.45) is 5.73 Å². The number of esters is 1. The zero-order valence-electron chi connectivity index (χ0n) is 10.3. The van der Waals surface area contributed by atoms with Gasteiger partial charge in [-0.3, -0.25) is 9.52 Å². The van der Waals surface area contributed by atoms with E-state index in [1.54, 1.807) is 19.1 Å². The lowest BCUT2D eigenvalue weighted by Gasteiger charge is -2.08. The molecule has 0 unspecified atom stereocenters. The number of sulfonamides is 1. The third-order valence-electron chi connectivity index (χ3n) is 2.03. The molecule has 0 aromatic heterocycles. The number of hydrogen-bond acceptors (Lipinski definition) is 5. The average Bonchev–Trinajstić information content (AvgIpc) is 2.27. The summed E-state index contributed by atoms with van der Waals surface area (Å²) in [5, 5.41) is 0. The van der Waals surface area contributed by atoms with Gasteiger partial charge in [0.15, 0.2) is 5.75 Å². The van der Waals surface area contributed by atoms with Crippen molar-refractivity contribution in [2.45, 2.75) is 6.92 Å². The summed E-state index contributed by atoms with van der Waals surface area (Å²) in [5.74, 6) is -1.54. The van der Waals surface area contributed by atoms with Crippen LogP contribution in [-0.4, -0.2) is 31.7 Å². The molecule has 1 aromatic carbocycles. The second-order valence-electron chi connectivity index (χ2n) is 3.61. The molecular formula is C11H14N2O4S2. The van der Waals surface area contributed by atoms with Crippen LogP contribution >= 0.6 is 12.2 Å². The third-order valence-corrected chi connectivity index (χ3v) is 3.43. The molecule has 0 amide bonds. The van der Waals surface area contributed by atoms with Gasteiger partial charge in [0.05, 0.1) is 6.61 Å². The van der Waals surface area contributed by atoms with Gasteiger partial charge >= 0.3 is 5.97 Å². The van der Waals surface area contributed by atoms with E-state index in [2.05, 4.69) is 9.46 Å². The summed E-state index contributed by atoms with van der Waals surface area (Å²) < 4.78 is 30.2. The maximum atomic E-state index is 11.7. The molecule has 0 spiro atoms. The van der Waals surface area contributed by atoms with Gasteiger partial charge in [0.25, 0.3) is 0 Å². The molecule has 0 bridgehead atoms. The number of thiocarbonyl (C=S) groups is 1. The van der Waals surface area contributed by atoms with Crippen LogP contribution in [0.3, 0.4) is 0 Å². The van der Waals surface area contributed by atoms with Crippen LogP contribution in [0.15, 0.2) is 24.3 Å². The summed E-state index contributed by atoms with van der Waals surface area (Å²) in [6.07, 6.45) is 0. The molecule has 0 aliphatic heterocycles. The zero-order chi connectivity index (χ0) is 14.5. The molecule has 0 heterocycles. The lowest BCUT2D eigenvalue weighted by Crippen LogP contribution is -2.24. The minimum absolute atomic E-state index is 0.130. The molecule has 0 aliphatic rings. The maximum absolute atomic E-state index is 11.7. The Labute approximate surface area is 117 Å². The largest absolute Gasteiger partial charge is 0.465 e. The van der Waals surface area contributed by atoms with Crippen molar-refractivity contribution in [3.63, 3.8) is 0 Å². The number of hydrogen-bond donors (Lipinski definition) is 2. The van der Waals surface area contributed by atoms with Gasteiger partial charge in [0, 0.05) is 11.3 Å². The summed E-state index contributed by atoms with van der Waals surface area (Å²) in [4.78, 5) is 11.3. The molecular weight excluding hydrogens is 288 g/mol. The number of benzene rings is 1. The topological polar surface area (TPSA) is 98.5 Å². The van der Waals surface area contributed by atoms with Gasteiger partial charge in [-0.1, -0.05) is 24.4 Å². The van der Waals surface area contributed by atoms with Crippen LogP contribution < -0.4 is 10.5 Å². The van der Waals surface area contributed by atoms with Gasteiger partial charge in [-0.15, -0.1) is 0 Å². The SMILES string of the molecule is CCOC(=O)CS(=O)(=O)Nc1cccc(C(N)=S)c1. The molecule has 0 saturated carbocycles. The monoisotopic (exact) mass is 302 g/mol. The van der Waals surface area contributed by atoms with Crippen LogP contribution in [0.4, 0.5) is 5.69 Å². The van der Waals surface area contributed by atoms with E-state index in [1.807, 2.05) is 0 Å². The van der Waals surface area contributed by atoms with Crippen molar-refractivity contribution < 1.29 is 17.9 Å². The number of carbonyl (C=O) groups excluding carboxylic acids is 1. The van der Waals surface area contributed by atoms with E-state index in [0.29, 0.717) is 5.56 Å². The quantitative estimate of drug-likeness (QED) is 0.590. The van der Waals surface area contributed by atoms with E-state index in [9.17, 15) is 13.2 Å². The predicted molar refractivity (Wildman–Crippen MR) is 76.4 cm³/mol. The zero-order valence-corrected chi connectivity index (χ0v) is 11.9. The van der Waals surface area contributed by atoms with Gasteiger partial charge in [-0.2, -0.15) is 0 Å². The normalized spacial score (nSPS) is 10.8. The first-order valence-corrected chi connectivity index (χ1v) is 7.46. The Hall–Kier alpha value is -1.67. The second-order valence-corrected chi connectivity index (χ2v) is 5.77. The van der Waals surface area contributed by atoms with Gasteiger partial charge in [0.2, 0.25) is 10.0 Å². The number of anilines is 1. The molecule has 0 fully saturated rings. The number of nitrogens with two attached hydrogens (primary N) is 1. The molecule has 104 valence electrons. The third kappa shape index (κ3) is 5.23. The van der Waals surface area contributed by atoms with Crippen LogP contribution in [-0.2, 0) is 19.6 Å². The summed E-state index contributed by atoms with van der Waals surface area (Å²) in [5.41, 5.74) is 6.27. The highest BCUT2D eigenvalue weighted by Gasteiger charge is 2.17. The van der Waals surface area contributed by atoms with Crippen LogP contribution in [0.1, 0.15) is 12.5 Å². The van der Waals surface area contributed by atoms with E-state index in [4.69, 9.17) is 18.0 Å². The van der Waals surface area contributed by atoms with Crippen LogP contribution in [0.2, 0.25) is 0 Å². The van der Waals surface area contributed by atoms with Crippen molar-refractivity contribution in [1.29, 1.82) is 0 Å². The number of carbonyl (C=O) groups is 1. The van der Waals surface area contributed by atoms with E-state index < -0.39 is 21.7 Å². The summed E-state index contributed by atoms with van der Waals surface area (Å²) in [6, 6.07) is 6.29. The highest BCUT2D eigenvalue weighted by Crippen LogP contribution is 2.12. The predicted octanol–water partition coefficient (Wildman–Crippen LogP) is 0.626. The minimum Gasteiger partial charge on any atom is -0.465 e. The smallest absolute Gasteiger partial charge is 0.323 e. The highest BCUT2D eigenvalue weighted by atomic mass is 32.2. The van der Waals surface area contributed by atoms with Gasteiger partial charge < -0.3 is 10.5 Å². The van der Waals surface area contributed by atoms with Crippen molar-refractivity contribution in [1.82, 2.24) is 0 Å². The molecule has 0 aliphatic carbocycles. The molecule has 1 aromatic rings. The Balaban J connectivity index is 2.81. The Morgan fingerprint density at radius 2 is 2.16 bits per heavy atom. The van der Waals surface area contributed by atoms with Crippen molar-refractivity contribution in [3.8, 4) is 0 Å². The number of nitrogens with one attached hydrogen (secondary N) is 1. The fourth-order valence-corrected chi connectivity index (χ4v) is 2.39. The van der Waals surface area contributed by atoms with E-state index in [0.717, 1.165) is 0 Å². The van der Waals surface area contributed by atoms with Crippen molar-refractivity contribution in [3.05, 3.63) is 29.8 Å². The summed E-state index contributed by atoms with van der Waals surface area (Å²) in [6.45, 7) is 1.73. The lowest BCUT2D eigenvalue weighted by molar-refractivity contribution is -0.139. The first-order valence-electron chi connectivity index (χ1n) is 5.40.